The summed E-state index contributed by atoms with van der Waals surface area (Å²) >= 11 is 0. The molecule has 0 aliphatic carbocycles. The van der Waals surface area contributed by atoms with E-state index in [1.54, 1.807) is 32.4 Å². The van der Waals surface area contributed by atoms with Crippen molar-refractivity contribution in [2.75, 3.05) is 41.1 Å². The number of aliphatic hydroxyl groups is 4. The van der Waals surface area contributed by atoms with Crippen molar-refractivity contribution in [3.05, 3.63) is 47.5 Å². The first-order valence-corrected chi connectivity index (χ1v) is 12.3. The number of methoxy groups -OCH3 is 3. The van der Waals surface area contributed by atoms with Gasteiger partial charge in [0.25, 0.3) is 0 Å². The summed E-state index contributed by atoms with van der Waals surface area (Å²) in [5.74, 6) is 1.85. The van der Waals surface area contributed by atoms with Gasteiger partial charge in [0.15, 0.2) is 23.0 Å². The average Bonchev–Trinajstić information content (AvgIpc) is 3.55. The fraction of sp³-hybridized carbons (Fsp3) is 0.556. The van der Waals surface area contributed by atoms with Gasteiger partial charge >= 0.3 is 0 Å². The summed E-state index contributed by atoms with van der Waals surface area (Å²) in [6.45, 7) is -2.02. The van der Waals surface area contributed by atoms with Crippen LogP contribution in [0.4, 0.5) is 0 Å². The van der Waals surface area contributed by atoms with Crippen LogP contribution in [-0.2, 0) is 14.2 Å². The second-order valence-corrected chi connectivity index (χ2v) is 9.50. The first-order valence-electron chi connectivity index (χ1n) is 13.3. The van der Waals surface area contributed by atoms with E-state index in [2.05, 4.69) is 0 Å². The molecule has 0 aromatic heterocycles. The van der Waals surface area contributed by atoms with Gasteiger partial charge in [0.1, 0.15) is 24.4 Å². The van der Waals surface area contributed by atoms with Crippen LogP contribution in [0.1, 0.15) is 26.1 Å². The van der Waals surface area contributed by atoms with Gasteiger partial charge in [-0.3, -0.25) is 0 Å². The Morgan fingerprint density at radius 3 is 1.82 bits per heavy atom. The topological polar surface area (TPSA) is 146 Å². The molecule has 11 nitrogen and oxygen atoms in total. The Bertz CT molecular complexity index is 1190. The van der Waals surface area contributed by atoms with Crippen molar-refractivity contribution in [3.63, 3.8) is 0 Å². The third kappa shape index (κ3) is 4.79. The van der Waals surface area contributed by atoms with Gasteiger partial charge in [-0.2, -0.15) is 0 Å². The molecule has 5 rings (SSSR count). The summed E-state index contributed by atoms with van der Waals surface area (Å²) in [5.41, 5.74) is 1.79. The molecule has 3 aliphatic rings. The number of benzene rings is 2. The molecule has 4 N–H and O–H groups in total. The Balaban J connectivity index is 1.32. The number of rotatable bonds is 8. The van der Waals surface area contributed by atoms with Gasteiger partial charge < -0.3 is 53.6 Å². The van der Waals surface area contributed by atoms with E-state index in [1.807, 2.05) is 18.2 Å². The molecule has 2 aromatic rings. The number of aliphatic hydroxyl groups excluding tert-OH is 3. The number of fused-ring (bicyclic) bond motifs is 1. The maximum atomic E-state index is 10.4. The molecule has 9 atom stereocenters. The van der Waals surface area contributed by atoms with Crippen LogP contribution in [0.5, 0.6) is 23.0 Å². The molecular weight excluding hydrogens is 500 g/mol. The molecule has 0 saturated carbocycles. The Morgan fingerprint density at radius 2 is 1.29 bits per heavy atom. The third-order valence-corrected chi connectivity index (χ3v) is 7.46. The first kappa shape index (κ1) is 24.4. The third-order valence-electron chi connectivity index (χ3n) is 7.46. The summed E-state index contributed by atoms with van der Waals surface area (Å²) in [7, 11) is 4.61. The van der Waals surface area contributed by atoms with Crippen LogP contribution in [-0.4, -0.2) is 92.2 Å². The number of hydrogen-bond donors (Lipinski definition) is 4. The lowest BCUT2D eigenvalue weighted by atomic mass is 9.85. The fourth-order valence-electron chi connectivity index (χ4n) is 5.40. The lowest BCUT2D eigenvalue weighted by Gasteiger charge is -2.39. The summed E-state index contributed by atoms with van der Waals surface area (Å²) in [6.07, 6.45) is -9.32. The van der Waals surface area contributed by atoms with Crippen LogP contribution in [0.25, 0.3) is 0 Å². The van der Waals surface area contributed by atoms with Crippen LogP contribution in [0.3, 0.4) is 0 Å². The zero-order valence-electron chi connectivity index (χ0n) is 23.2. The van der Waals surface area contributed by atoms with Crippen molar-refractivity contribution in [2.45, 2.75) is 42.9 Å². The van der Waals surface area contributed by atoms with Crippen molar-refractivity contribution in [2.24, 2.45) is 11.8 Å². The summed E-state index contributed by atoms with van der Waals surface area (Å²) in [4.78, 5) is 0. The van der Waals surface area contributed by atoms with E-state index in [1.165, 1.54) is 7.11 Å². The maximum Gasteiger partial charge on any atom is 0.229 e. The highest BCUT2D eigenvalue weighted by atomic mass is 16.7. The Hall–Kier alpha value is -2.64. The number of hydrogen-bond acceptors (Lipinski definition) is 11. The van der Waals surface area contributed by atoms with E-state index in [0.29, 0.717) is 24.7 Å². The van der Waals surface area contributed by atoms with E-state index in [4.69, 9.17) is 35.9 Å². The van der Waals surface area contributed by atoms with Crippen molar-refractivity contribution >= 4 is 0 Å². The van der Waals surface area contributed by atoms with E-state index >= 15 is 0 Å². The van der Waals surface area contributed by atoms with Crippen LogP contribution >= 0.6 is 0 Å². The van der Waals surface area contributed by atoms with Gasteiger partial charge in [-0.25, -0.2) is 0 Å². The summed E-state index contributed by atoms with van der Waals surface area (Å²) < 4.78 is 54.7. The molecule has 0 amide bonds. The number of ether oxygens (including phenoxy) is 7. The zero-order valence-corrected chi connectivity index (χ0v) is 21.2. The van der Waals surface area contributed by atoms with E-state index in [0.717, 1.165) is 11.1 Å². The fourth-order valence-corrected chi connectivity index (χ4v) is 5.40. The summed E-state index contributed by atoms with van der Waals surface area (Å²) in [5, 5.41) is 40.3. The molecule has 208 valence electrons. The van der Waals surface area contributed by atoms with Gasteiger partial charge in [-0.05, 0) is 35.4 Å². The molecule has 0 spiro atoms. The summed E-state index contributed by atoms with van der Waals surface area (Å²) in [6, 6.07) is 10.8. The lowest BCUT2D eigenvalue weighted by molar-refractivity contribution is -0.277. The predicted molar refractivity (Wildman–Crippen MR) is 131 cm³/mol. The van der Waals surface area contributed by atoms with Gasteiger partial charge in [0, 0.05) is 11.8 Å². The van der Waals surface area contributed by atoms with E-state index in [9.17, 15) is 20.4 Å². The SMILES string of the molecule is [2H]C([2H])(O)C1OC(Oc2ccc(C3OCC4C(c5ccc(OC)c(OC)c5)OCC34)cc2OC)C(O)C(O)C1O. The minimum atomic E-state index is -3.00. The van der Waals surface area contributed by atoms with E-state index in [-0.39, 0.29) is 35.5 Å². The standard InChI is InChI=1S/C27H34O11/c1-32-17-6-4-13(8-19(17)33-2)25-15-11-36-26(16(15)12-35-25)14-5-7-18(20(9-14)34-3)37-27-24(31)23(30)22(29)21(10-28)38-27/h4-9,15-16,21-31H,10-12H2,1-3H3/i10D2. The molecule has 11 heteroatoms. The van der Waals surface area contributed by atoms with Crippen molar-refractivity contribution in [1.82, 2.24) is 0 Å². The maximum absolute atomic E-state index is 10.4. The smallest absolute Gasteiger partial charge is 0.229 e. The molecular formula is C27H34O11. The first-order chi connectivity index (χ1) is 19.1. The molecule has 38 heavy (non-hydrogen) atoms. The predicted octanol–water partition coefficient (Wildman–Crippen LogP) is 0.966. The normalized spacial score (nSPS) is 35.7. The van der Waals surface area contributed by atoms with Crippen LogP contribution in [0.2, 0.25) is 0 Å². The van der Waals surface area contributed by atoms with Crippen molar-refractivity contribution in [3.8, 4) is 23.0 Å². The minimum absolute atomic E-state index is 0.0715. The highest BCUT2D eigenvalue weighted by Gasteiger charge is 2.49. The lowest BCUT2D eigenvalue weighted by Crippen LogP contribution is -2.60. The second-order valence-electron chi connectivity index (χ2n) is 9.50. The van der Waals surface area contributed by atoms with Crippen LogP contribution in [0, 0.1) is 11.8 Å². The molecule has 3 saturated heterocycles. The molecule has 9 unspecified atom stereocenters. The van der Waals surface area contributed by atoms with Gasteiger partial charge in [0.05, 0.1) is 56.1 Å². The zero-order chi connectivity index (χ0) is 28.8. The molecule has 0 bridgehead atoms. The molecule has 3 fully saturated rings. The van der Waals surface area contributed by atoms with Crippen molar-refractivity contribution < 1.29 is 56.3 Å². The molecule has 3 aliphatic heterocycles. The van der Waals surface area contributed by atoms with E-state index < -0.39 is 37.3 Å². The minimum Gasteiger partial charge on any atom is -0.493 e. The molecule has 0 radical (unpaired) electrons. The molecule has 2 aromatic carbocycles. The Kier molecular flexibility index (Phi) is 7.21. The van der Waals surface area contributed by atoms with Gasteiger partial charge in [-0.1, -0.05) is 12.1 Å². The van der Waals surface area contributed by atoms with Gasteiger partial charge in [0.2, 0.25) is 6.29 Å². The van der Waals surface area contributed by atoms with Crippen LogP contribution in [0.15, 0.2) is 36.4 Å². The van der Waals surface area contributed by atoms with Gasteiger partial charge in [-0.15, -0.1) is 0 Å². The van der Waals surface area contributed by atoms with Crippen molar-refractivity contribution in [1.29, 1.82) is 0 Å². The average molecular weight is 537 g/mol. The Morgan fingerprint density at radius 1 is 0.763 bits per heavy atom. The quantitative estimate of drug-likeness (QED) is 0.383. The monoisotopic (exact) mass is 536 g/mol. The highest BCUT2D eigenvalue weighted by Crippen LogP contribution is 2.51. The highest BCUT2D eigenvalue weighted by molar-refractivity contribution is 5.45. The van der Waals surface area contributed by atoms with Crippen LogP contribution < -0.4 is 18.9 Å². The second kappa shape index (κ2) is 11.2. The molecule has 3 heterocycles. The largest absolute Gasteiger partial charge is 0.493 e. The Labute approximate surface area is 223 Å².